The average Bonchev–Trinajstić information content (AvgIpc) is 2.60. The van der Waals surface area contributed by atoms with Crippen LogP contribution in [0.25, 0.3) is 0 Å². The normalized spacial score (nSPS) is 35.9. The van der Waals surface area contributed by atoms with Gasteiger partial charge in [-0.15, -0.1) is 0 Å². The fraction of sp³-hybridized carbons (Fsp3) is 0.391. The highest BCUT2D eigenvalue weighted by molar-refractivity contribution is 5.52. The Morgan fingerprint density at radius 1 is 0.680 bits per heavy atom. The fourth-order valence-corrected chi connectivity index (χ4v) is 6.42. The summed E-state index contributed by atoms with van der Waals surface area (Å²) < 4.78 is 0. The van der Waals surface area contributed by atoms with Gasteiger partial charge in [-0.3, -0.25) is 0 Å². The van der Waals surface area contributed by atoms with Crippen LogP contribution in [0.3, 0.4) is 0 Å². The van der Waals surface area contributed by atoms with Crippen LogP contribution in [0.15, 0.2) is 60.7 Å². The van der Waals surface area contributed by atoms with Crippen LogP contribution < -0.4 is 0 Å². The fourth-order valence-electron chi connectivity index (χ4n) is 6.42. The molecule has 4 fully saturated rings. The molecule has 4 aliphatic carbocycles. The maximum Gasteiger partial charge on any atom is 0.115 e. The second kappa shape index (κ2) is 4.91. The first-order chi connectivity index (χ1) is 12.0. The molecule has 4 bridgehead atoms. The van der Waals surface area contributed by atoms with Gasteiger partial charge < -0.3 is 10.2 Å². The standard InChI is InChI=1S/C23H24O2/c1-15-22(18-2-6-20(24)7-3-18)11-16-10-17(12-22)14-23(15,13-16)19-4-8-21(25)9-5-19/h2-9,16-17,24-25H,1,10-14H2. The number of phenolic OH excluding ortho intramolecular Hbond substituents is 2. The van der Waals surface area contributed by atoms with Gasteiger partial charge in [0, 0.05) is 10.8 Å². The maximum absolute atomic E-state index is 9.71. The molecule has 128 valence electrons. The van der Waals surface area contributed by atoms with E-state index < -0.39 is 0 Å². The molecule has 0 atom stereocenters. The third-order valence-corrected chi connectivity index (χ3v) is 7.21. The van der Waals surface area contributed by atoms with Crippen LogP contribution in [0.4, 0.5) is 0 Å². The molecule has 25 heavy (non-hydrogen) atoms. The quantitative estimate of drug-likeness (QED) is 0.755. The number of hydrogen-bond donors (Lipinski definition) is 2. The van der Waals surface area contributed by atoms with Crippen molar-refractivity contribution in [1.82, 2.24) is 0 Å². The Balaban J connectivity index is 1.66. The summed E-state index contributed by atoms with van der Waals surface area (Å²) in [7, 11) is 0. The van der Waals surface area contributed by atoms with E-state index >= 15 is 0 Å². The van der Waals surface area contributed by atoms with E-state index in [-0.39, 0.29) is 10.8 Å². The molecule has 4 aliphatic rings. The SMILES string of the molecule is C=C1C2(c3ccc(O)cc3)CC3CC(C2)CC1(c1ccc(O)cc1)C3. The molecule has 0 aliphatic heterocycles. The number of hydrogen-bond acceptors (Lipinski definition) is 2. The summed E-state index contributed by atoms with van der Waals surface area (Å²) in [6, 6.07) is 15.6. The van der Waals surface area contributed by atoms with Gasteiger partial charge in [0.05, 0.1) is 0 Å². The highest BCUT2D eigenvalue weighted by Gasteiger charge is 2.61. The Morgan fingerprint density at radius 2 is 1.04 bits per heavy atom. The van der Waals surface area contributed by atoms with Crippen molar-refractivity contribution in [2.75, 3.05) is 0 Å². The minimum absolute atomic E-state index is 0.0374. The second-order valence-corrected chi connectivity index (χ2v) is 8.52. The van der Waals surface area contributed by atoms with Crippen LogP contribution in [0.2, 0.25) is 0 Å². The van der Waals surface area contributed by atoms with E-state index in [1.807, 2.05) is 24.3 Å². The lowest BCUT2D eigenvalue weighted by Gasteiger charge is -2.64. The molecule has 2 aromatic carbocycles. The monoisotopic (exact) mass is 332 g/mol. The zero-order valence-corrected chi connectivity index (χ0v) is 14.4. The molecular weight excluding hydrogens is 308 g/mol. The highest BCUT2D eigenvalue weighted by Crippen LogP contribution is 2.68. The van der Waals surface area contributed by atoms with Crippen molar-refractivity contribution >= 4 is 0 Å². The summed E-state index contributed by atoms with van der Waals surface area (Å²) in [5.41, 5.74) is 4.05. The minimum atomic E-state index is 0.0374. The van der Waals surface area contributed by atoms with Gasteiger partial charge in [0.1, 0.15) is 11.5 Å². The van der Waals surface area contributed by atoms with E-state index in [2.05, 4.69) is 30.8 Å². The van der Waals surface area contributed by atoms with E-state index in [0.717, 1.165) is 11.8 Å². The summed E-state index contributed by atoms with van der Waals surface area (Å²) >= 11 is 0. The van der Waals surface area contributed by atoms with Gasteiger partial charge >= 0.3 is 0 Å². The lowest BCUT2D eigenvalue weighted by atomic mass is 9.40. The van der Waals surface area contributed by atoms with Crippen molar-refractivity contribution in [2.45, 2.75) is 42.9 Å². The van der Waals surface area contributed by atoms with Crippen LogP contribution in [-0.2, 0) is 10.8 Å². The van der Waals surface area contributed by atoms with E-state index in [1.54, 1.807) is 0 Å². The summed E-state index contributed by atoms with van der Waals surface area (Å²) in [6.07, 6.45) is 6.09. The molecule has 2 heteroatoms. The molecule has 0 unspecified atom stereocenters. The summed E-state index contributed by atoms with van der Waals surface area (Å²) in [5, 5.41) is 19.4. The van der Waals surface area contributed by atoms with Crippen molar-refractivity contribution in [1.29, 1.82) is 0 Å². The van der Waals surface area contributed by atoms with Crippen molar-refractivity contribution in [3.8, 4) is 11.5 Å². The molecule has 0 heterocycles. The van der Waals surface area contributed by atoms with E-state index in [0.29, 0.717) is 11.5 Å². The second-order valence-electron chi connectivity index (χ2n) is 8.52. The Labute approximate surface area is 148 Å². The molecule has 0 aromatic heterocycles. The first-order valence-electron chi connectivity index (χ1n) is 9.31. The lowest BCUT2D eigenvalue weighted by Crippen LogP contribution is -2.57. The lowest BCUT2D eigenvalue weighted by molar-refractivity contribution is 0.0261. The molecule has 2 aromatic rings. The van der Waals surface area contributed by atoms with Gasteiger partial charge in [-0.05, 0) is 79.3 Å². The highest BCUT2D eigenvalue weighted by atomic mass is 16.3. The number of allylic oxidation sites excluding steroid dienone is 1. The number of rotatable bonds is 2. The number of benzene rings is 2. The van der Waals surface area contributed by atoms with Crippen molar-refractivity contribution in [3.63, 3.8) is 0 Å². The molecule has 2 nitrogen and oxygen atoms in total. The summed E-state index contributed by atoms with van der Waals surface area (Å²) in [4.78, 5) is 0. The summed E-state index contributed by atoms with van der Waals surface area (Å²) in [5.74, 6) is 2.13. The van der Waals surface area contributed by atoms with Crippen LogP contribution in [0.5, 0.6) is 11.5 Å². The van der Waals surface area contributed by atoms with Gasteiger partial charge in [0.15, 0.2) is 0 Å². The molecule has 0 amide bonds. The van der Waals surface area contributed by atoms with Gasteiger partial charge in [-0.25, -0.2) is 0 Å². The predicted octanol–water partition coefficient (Wildman–Crippen LogP) is 5.05. The van der Waals surface area contributed by atoms with Crippen LogP contribution in [0, 0.1) is 11.8 Å². The maximum atomic E-state index is 9.71. The molecule has 0 spiro atoms. The number of phenols is 2. The third-order valence-electron chi connectivity index (χ3n) is 7.21. The largest absolute Gasteiger partial charge is 0.508 e. The number of aromatic hydroxyl groups is 2. The van der Waals surface area contributed by atoms with Crippen molar-refractivity contribution in [3.05, 3.63) is 71.8 Å². The Hall–Kier alpha value is -2.22. The van der Waals surface area contributed by atoms with Crippen molar-refractivity contribution in [2.24, 2.45) is 11.8 Å². The molecule has 0 saturated heterocycles. The van der Waals surface area contributed by atoms with E-state index in [4.69, 9.17) is 0 Å². The van der Waals surface area contributed by atoms with Gasteiger partial charge in [-0.2, -0.15) is 0 Å². The van der Waals surface area contributed by atoms with Crippen LogP contribution in [-0.4, -0.2) is 10.2 Å². The van der Waals surface area contributed by atoms with Gasteiger partial charge in [0.2, 0.25) is 0 Å². The zero-order chi connectivity index (χ0) is 17.2. The van der Waals surface area contributed by atoms with Crippen LogP contribution >= 0.6 is 0 Å². The first-order valence-corrected chi connectivity index (χ1v) is 9.31. The smallest absolute Gasteiger partial charge is 0.115 e. The molecule has 4 saturated carbocycles. The van der Waals surface area contributed by atoms with E-state index in [1.165, 1.54) is 48.8 Å². The average molecular weight is 332 g/mol. The zero-order valence-electron chi connectivity index (χ0n) is 14.4. The van der Waals surface area contributed by atoms with Crippen molar-refractivity contribution < 1.29 is 10.2 Å². The Morgan fingerprint density at radius 3 is 1.40 bits per heavy atom. The van der Waals surface area contributed by atoms with Crippen LogP contribution in [0.1, 0.15) is 43.2 Å². The molecule has 2 N–H and O–H groups in total. The third kappa shape index (κ3) is 1.97. The molecule has 6 rings (SSSR count). The molecular formula is C23H24O2. The predicted molar refractivity (Wildman–Crippen MR) is 98.8 cm³/mol. The van der Waals surface area contributed by atoms with E-state index in [9.17, 15) is 10.2 Å². The minimum Gasteiger partial charge on any atom is -0.508 e. The van der Waals surface area contributed by atoms with Gasteiger partial charge in [0.25, 0.3) is 0 Å². The Kier molecular flexibility index (Phi) is 2.96. The first kappa shape index (κ1) is 15.1. The Bertz CT molecular complexity index is 750. The summed E-state index contributed by atoms with van der Waals surface area (Å²) in [6.45, 7) is 4.67. The molecule has 0 radical (unpaired) electrons. The van der Waals surface area contributed by atoms with Gasteiger partial charge in [-0.1, -0.05) is 36.4 Å². The topological polar surface area (TPSA) is 40.5 Å².